The van der Waals surface area contributed by atoms with Crippen molar-refractivity contribution in [1.82, 2.24) is 0 Å². The second kappa shape index (κ2) is 7.32. The zero-order valence-corrected chi connectivity index (χ0v) is 13.3. The molecular formula is C13H9Cl2F3N2OS. The van der Waals surface area contributed by atoms with Crippen molar-refractivity contribution >= 4 is 34.0 Å². The molecule has 118 valence electrons. The Morgan fingerprint density at radius 2 is 1.73 bits per heavy atom. The van der Waals surface area contributed by atoms with Crippen LogP contribution in [0.5, 0.6) is 0 Å². The summed E-state index contributed by atoms with van der Waals surface area (Å²) in [4.78, 5) is 0. The van der Waals surface area contributed by atoms with Gasteiger partial charge >= 0.3 is 5.51 Å². The molecule has 0 aliphatic carbocycles. The van der Waals surface area contributed by atoms with Gasteiger partial charge in [0.1, 0.15) is 16.2 Å². The van der Waals surface area contributed by atoms with Crippen molar-refractivity contribution in [2.75, 3.05) is 5.75 Å². The van der Waals surface area contributed by atoms with Gasteiger partial charge in [-0.1, -0.05) is 29.3 Å². The van der Waals surface area contributed by atoms with Crippen molar-refractivity contribution in [1.29, 1.82) is 10.5 Å². The molecular weight excluding hydrogens is 360 g/mol. The number of hydrogen-bond donors (Lipinski definition) is 0. The molecule has 0 saturated carbocycles. The average Bonchev–Trinajstić information content (AvgIpc) is 2.46. The lowest BCUT2D eigenvalue weighted by Gasteiger charge is -2.19. The maximum atomic E-state index is 12.3. The number of nitriles is 2. The molecule has 3 nitrogen and oxygen atoms in total. The predicted molar refractivity (Wildman–Crippen MR) is 77.5 cm³/mol. The van der Waals surface area contributed by atoms with Crippen LogP contribution >= 0.6 is 23.2 Å². The molecule has 0 aliphatic rings. The molecule has 0 fully saturated rings. The van der Waals surface area contributed by atoms with Gasteiger partial charge in [-0.25, -0.2) is 0 Å². The molecule has 0 heterocycles. The molecule has 0 N–H and O–H groups in total. The lowest BCUT2D eigenvalue weighted by molar-refractivity contribution is -0.0385. The van der Waals surface area contributed by atoms with Gasteiger partial charge in [0.05, 0.1) is 22.2 Å². The van der Waals surface area contributed by atoms with Gasteiger partial charge < -0.3 is 0 Å². The van der Waals surface area contributed by atoms with E-state index in [1.807, 2.05) is 0 Å². The second-order valence-electron chi connectivity index (χ2n) is 4.48. The number of rotatable bonds is 5. The van der Waals surface area contributed by atoms with E-state index in [0.29, 0.717) is 5.56 Å². The van der Waals surface area contributed by atoms with Gasteiger partial charge in [-0.15, -0.1) is 0 Å². The van der Waals surface area contributed by atoms with E-state index in [4.69, 9.17) is 33.7 Å². The van der Waals surface area contributed by atoms with E-state index in [-0.39, 0.29) is 16.5 Å². The van der Waals surface area contributed by atoms with Crippen LogP contribution in [-0.2, 0) is 17.2 Å². The monoisotopic (exact) mass is 368 g/mol. The predicted octanol–water partition coefficient (Wildman–Crippen LogP) is 4.23. The molecule has 1 aromatic rings. The molecule has 9 heteroatoms. The van der Waals surface area contributed by atoms with E-state index in [1.165, 1.54) is 18.2 Å². The lowest BCUT2D eigenvalue weighted by Crippen LogP contribution is -2.26. The summed E-state index contributed by atoms with van der Waals surface area (Å²) in [6, 6.07) is 7.86. The molecule has 0 radical (unpaired) electrons. The van der Waals surface area contributed by atoms with Crippen molar-refractivity contribution in [3.63, 3.8) is 0 Å². The van der Waals surface area contributed by atoms with Gasteiger partial charge in [0.15, 0.2) is 0 Å². The average molecular weight is 369 g/mol. The number of nitrogens with zero attached hydrogens (tertiary/aromatic N) is 2. The molecule has 22 heavy (non-hydrogen) atoms. The Morgan fingerprint density at radius 3 is 2.18 bits per heavy atom. The summed E-state index contributed by atoms with van der Waals surface area (Å²) in [5.41, 5.74) is -6.09. The molecule has 0 spiro atoms. The topological polar surface area (TPSA) is 64.7 Å². The third kappa shape index (κ3) is 4.88. The van der Waals surface area contributed by atoms with Gasteiger partial charge in [-0.05, 0) is 24.1 Å². The quantitative estimate of drug-likeness (QED) is 0.780. The Balaban J connectivity index is 2.93. The first-order valence-electron chi connectivity index (χ1n) is 5.85. The minimum Gasteiger partial charge on any atom is -0.251 e. The first-order chi connectivity index (χ1) is 10.1. The Labute approximate surface area is 137 Å². The van der Waals surface area contributed by atoms with Crippen LogP contribution in [0.15, 0.2) is 18.2 Å². The summed E-state index contributed by atoms with van der Waals surface area (Å²) < 4.78 is 47.8. The third-order valence-electron chi connectivity index (χ3n) is 2.89. The van der Waals surface area contributed by atoms with Crippen LogP contribution in [0.25, 0.3) is 0 Å². The van der Waals surface area contributed by atoms with Crippen molar-refractivity contribution in [3.05, 3.63) is 33.8 Å². The Morgan fingerprint density at radius 1 is 1.14 bits per heavy atom. The van der Waals surface area contributed by atoms with E-state index in [0.717, 1.165) is 0 Å². The number of benzene rings is 1. The summed E-state index contributed by atoms with van der Waals surface area (Å²) in [5.74, 6) is -0.814. The van der Waals surface area contributed by atoms with Crippen LogP contribution in [0.4, 0.5) is 13.2 Å². The molecule has 1 atom stereocenters. The number of halogens is 5. The van der Waals surface area contributed by atoms with E-state index in [9.17, 15) is 17.4 Å². The van der Waals surface area contributed by atoms with Gasteiger partial charge in [-0.3, -0.25) is 4.21 Å². The SMILES string of the molecule is N#CC(C#N)(CCS(=O)C(F)(F)F)Cc1ccc(Cl)c(Cl)c1. The summed E-state index contributed by atoms with van der Waals surface area (Å²) in [5, 5.41) is 18.8. The highest BCUT2D eigenvalue weighted by atomic mass is 35.5. The van der Waals surface area contributed by atoms with Crippen molar-refractivity contribution in [3.8, 4) is 12.1 Å². The summed E-state index contributed by atoms with van der Waals surface area (Å²) in [6.45, 7) is 0. The van der Waals surface area contributed by atoms with E-state index in [2.05, 4.69) is 0 Å². The molecule has 0 amide bonds. The standard InChI is InChI=1S/C13H9Cl2F3N2OS/c14-10-2-1-9(5-11(10)15)6-12(7-19,8-20)3-4-22(21)13(16,17)18/h1-2,5H,3-4,6H2. The van der Waals surface area contributed by atoms with Crippen LogP contribution in [-0.4, -0.2) is 15.5 Å². The maximum Gasteiger partial charge on any atom is 0.471 e. The van der Waals surface area contributed by atoms with E-state index < -0.39 is 33.9 Å². The molecule has 1 unspecified atom stereocenters. The minimum atomic E-state index is -4.86. The van der Waals surface area contributed by atoms with E-state index in [1.54, 1.807) is 12.1 Å². The second-order valence-corrected chi connectivity index (χ2v) is 6.85. The van der Waals surface area contributed by atoms with Gasteiger partial charge in [0.25, 0.3) is 0 Å². The Kier molecular flexibility index (Phi) is 6.25. The highest BCUT2D eigenvalue weighted by molar-refractivity contribution is 7.85. The van der Waals surface area contributed by atoms with Crippen LogP contribution in [0.3, 0.4) is 0 Å². The third-order valence-corrected chi connectivity index (χ3v) is 4.72. The van der Waals surface area contributed by atoms with Crippen LogP contribution in [0.1, 0.15) is 12.0 Å². The van der Waals surface area contributed by atoms with Gasteiger partial charge in [-0.2, -0.15) is 23.7 Å². The fraction of sp³-hybridized carbons (Fsp3) is 0.385. The molecule has 1 aromatic carbocycles. The lowest BCUT2D eigenvalue weighted by atomic mass is 9.82. The first kappa shape index (κ1) is 18.8. The maximum absolute atomic E-state index is 12.3. The smallest absolute Gasteiger partial charge is 0.251 e. The van der Waals surface area contributed by atoms with Crippen molar-refractivity contribution in [2.24, 2.45) is 5.41 Å². The molecule has 0 saturated heterocycles. The first-order valence-corrected chi connectivity index (χ1v) is 7.93. The highest BCUT2D eigenvalue weighted by Crippen LogP contribution is 2.31. The molecule has 0 aliphatic heterocycles. The van der Waals surface area contributed by atoms with Crippen LogP contribution < -0.4 is 0 Å². The molecule has 1 rings (SSSR count). The Bertz CT molecular complexity index is 651. The minimum absolute atomic E-state index is 0.133. The Hall–Kier alpha value is -1.28. The summed E-state index contributed by atoms with van der Waals surface area (Å²) >= 11 is 11.6. The van der Waals surface area contributed by atoms with Crippen LogP contribution in [0.2, 0.25) is 10.0 Å². The zero-order chi connectivity index (χ0) is 17.0. The summed E-state index contributed by atoms with van der Waals surface area (Å²) in [7, 11) is -3.10. The van der Waals surface area contributed by atoms with E-state index >= 15 is 0 Å². The number of hydrogen-bond acceptors (Lipinski definition) is 3. The summed E-state index contributed by atoms with van der Waals surface area (Å²) in [6.07, 6.45) is -0.599. The van der Waals surface area contributed by atoms with Crippen LogP contribution in [0, 0.1) is 28.1 Å². The van der Waals surface area contributed by atoms with Gasteiger partial charge in [0, 0.05) is 12.2 Å². The molecule has 0 aromatic heterocycles. The van der Waals surface area contributed by atoms with Crippen molar-refractivity contribution in [2.45, 2.75) is 18.3 Å². The fourth-order valence-corrected chi connectivity index (χ4v) is 2.77. The normalized spacial score (nSPS) is 13.2. The fourth-order valence-electron chi connectivity index (χ4n) is 1.68. The zero-order valence-electron chi connectivity index (χ0n) is 11.0. The molecule has 0 bridgehead atoms. The largest absolute Gasteiger partial charge is 0.471 e. The van der Waals surface area contributed by atoms with Crippen molar-refractivity contribution < 1.29 is 17.4 Å². The number of alkyl halides is 3. The van der Waals surface area contributed by atoms with Gasteiger partial charge in [0.2, 0.25) is 0 Å². The highest BCUT2D eigenvalue weighted by Gasteiger charge is 2.39.